The zero-order valence-electron chi connectivity index (χ0n) is 19.8. The topological polar surface area (TPSA) is 78.8 Å². The Balaban J connectivity index is 1.32. The molecule has 0 bridgehead atoms. The molecular weight excluding hydrogens is 443 g/mol. The Bertz CT molecular complexity index is 1500. The van der Waals surface area contributed by atoms with E-state index in [4.69, 9.17) is 4.98 Å². The summed E-state index contributed by atoms with van der Waals surface area (Å²) in [5.74, 6) is -0.962. The average Bonchev–Trinajstić information content (AvgIpc) is 2.84. The van der Waals surface area contributed by atoms with Crippen LogP contribution in [-0.2, 0) is 6.54 Å². The Morgan fingerprint density at radius 1 is 1.11 bits per heavy atom. The smallest absolute Gasteiger partial charge is 0.254 e. The molecule has 0 saturated heterocycles. The first-order chi connectivity index (χ1) is 17.0. The SMILES string of the molecule is CN(C)CCCNC(=O)c1ccc(-c2ccc3[nH]n(Cc4ccc5ncccc5c4)c3n2)cc1F. The monoisotopic (exact) mass is 470 g/mol. The minimum atomic E-state index is -0.558. The highest BCUT2D eigenvalue weighted by Gasteiger charge is 2.15. The van der Waals surface area contributed by atoms with Crippen LogP contribution in [0.25, 0.3) is 33.3 Å². The number of H-pyrrole nitrogens is 1. The molecule has 3 aromatic heterocycles. The van der Waals surface area contributed by atoms with Gasteiger partial charge in [0.1, 0.15) is 5.82 Å². The number of halogens is 1. The minimum Gasteiger partial charge on any atom is -0.352 e. The third-order valence-corrected chi connectivity index (χ3v) is 5.97. The van der Waals surface area contributed by atoms with Crippen LogP contribution in [0.3, 0.4) is 0 Å². The van der Waals surface area contributed by atoms with Gasteiger partial charge in [-0.2, -0.15) is 0 Å². The van der Waals surface area contributed by atoms with Crippen molar-refractivity contribution < 1.29 is 9.18 Å². The first-order valence-corrected chi connectivity index (χ1v) is 11.6. The van der Waals surface area contributed by atoms with Gasteiger partial charge in [-0.25, -0.2) is 9.37 Å². The van der Waals surface area contributed by atoms with Gasteiger partial charge in [-0.3, -0.25) is 19.6 Å². The molecule has 0 aliphatic carbocycles. The molecule has 1 amide bonds. The fourth-order valence-corrected chi connectivity index (χ4v) is 4.12. The molecule has 3 heterocycles. The number of benzene rings is 2. The second kappa shape index (κ2) is 9.68. The predicted octanol–water partition coefficient (Wildman–Crippen LogP) is 4.45. The van der Waals surface area contributed by atoms with Gasteiger partial charge in [0.15, 0.2) is 5.65 Å². The van der Waals surface area contributed by atoms with E-state index in [1.807, 2.05) is 54.0 Å². The largest absolute Gasteiger partial charge is 0.352 e. The Kier molecular flexibility index (Phi) is 6.29. The van der Waals surface area contributed by atoms with Crippen LogP contribution >= 0.6 is 0 Å². The molecule has 178 valence electrons. The summed E-state index contributed by atoms with van der Waals surface area (Å²) in [6, 6.07) is 18.6. The molecule has 0 unspecified atom stereocenters. The van der Waals surface area contributed by atoms with Crippen molar-refractivity contribution >= 4 is 28.0 Å². The lowest BCUT2D eigenvalue weighted by Crippen LogP contribution is -2.27. The highest BCUT2D eigenvalue weighted by molar-refractivity contribution is 5.95. The van der Waals surface area contributed by atoms with E-state index in [2.05, 4.69) is 27.5 Å². The van der Waals surface area contributed by atoms with Crippen LogP contribution < -0.4 is 5.32 Å². The average molecular weight is 471 g/mol. The van der Waals surface area contributed by atoms with Gasteiger partial charge in [0.2, 0.25) is 0 Å². The Labute approximate surface area is 202 Å². The van der Waals surface area contributed by atoms with Crippen molar-refractivity contribution in [3.63, 3.8) is 0 Å². The fourth-order valence-electron chi connectivity index (χ4n) is 4.12. The molecule has 0 fully saturated rings. The van der Waals surface area contributed by atoms with Crippen LogP contribution in [0, 0.1) is 5.82 Å². The lowest BCUT2D eigenvalue weighted by molar-refractivity contribution is 0.0948. The van der Waals surface area contributed by atoms with Crippen LogP contribution in [-0.4, -0.2) is 57.7 Å². The fraction of sp³-hybridized carbons (Fsp3) is 0.222. The molecule has 0 radical (unpaired) electrons. The van der Waals surface area contributed by atoms with Crippen molar-refractivity contribution in [2.24, 2.45) is 0 Å². The molecule has 2 N–H and O–H groups in total. The van der Waals surface area contributed by atoms with Gasteiger partial charge in [0, 0.05) is 23.7 Å². The molecule has 0 aliphatic heterocycles. The van der Waals surface area contributed by atoms with Gasteiger partial charge in [-0.05, 0) is 75.1 Å². The van der Waals surface area contributed by atoms with E-state index in [1.165, 1.54) is 12.1 Å². The number of nitrogens with one attached hydrogen (secondary N) is 2. The lowest BCUT2D eigenvalue weighted by atomic mass is 10.1. The quantitative estimate of drug-likeness (QED) is 0.329. The van der Waals surface area contributed by atoms with Gasteiger partial charge in [-0.15, -0.1) is 0 Å². The normalized spacial score (nSPS) is 11.5. The van der Waals surface area contributed by atoms with Crippen molar-refractivity contribution in [2.45, 2.75) is 13.0 Å². The number of aromatic amines is 1. The number of fused-ring (bicyclic) bond motifs is 2. The third kappa shape index (κ3) is 4.93. The summed E-state index contributed by atoms with van der Waals surface area (Å²) in [6.07, 6.45) is 2.59. The van der Waals surface area contributed by atoms with Crippen LogP contribution in [0.4, 0.5) is 4.39 Å². The molecule has 0 saturated carbocycles. The minimum absolute atomic E-state index is 0.0385. The highest BCUT2D eigenvalue weighted by Crippen LogP contribution is 2.24. The molecule has 7 nitrogen and oxygen atoms in total. The highest BCUT2D eigenvalue weighted by atomic mass is 19.1. The standard InChI is InChI=1S/C27H27FN6O/c1-33(2)14-4-13-30-27(35)21-8-7-20(16-22(21)28)24-10-11-25-26(31-24)34(32-25)17-18-6-9-23-19(15-18)5-3-12-29-23/h3,5-12,15-16,32H,4,13-14,17H2,1-2H3,(H,30,35). The Morgan fingerprint density at radius 2 is 2.00 bits per heavy atom. The van der Waals surface area contributed by atoms with Gasteiger partial charge in [0.25, 0.3) is 5.91 Å². The second-order valence-corrected chi connectivity index (χ2v) is 8.90. The first-order valence-electron chi connectivity index (χ1n) is 11.6. The Hall–Kier alpha value is -4.04. The predicted molar refractivity (Wildman–Crippen MR) is 136 cm³/mol. The number of rotatable bonds is 8. The third-order valence-electron chi connectivity index (χ3n) is 5.97. The number of hydrogen-bond acceptors (Lipinski definition) is 4. The maximum atomic E-state index is 14.8. The number of hydrogen-bond donors (Lipinski definition) is 2. The van der Waals surface area contributed by atoms with Crippen LogP contribution in [0.2, 0.25) is 0 Å². The van der Waals surface area contributed by atoms with E-state index >= 15 is 0 Å². The van der Waals surface area contributed by atoms with E-state index in [-0.39, 0.29) is 5.56 Å². The number of aromatic nitrogens is 4. The molecule has 35 heavy (non-hydrogen) atoms. The maximum absolute atomic E-state index is 14.8. The van der Waals surface area contributed by atoms with E-state index in [9.17, 15) is 9.18 Å². The molecular formula is C27H27FN6O. The summed E-state index contributed by atoms with van der Waals surface area (Å²) >= 11 is 0. The number of nitrogens with zero attached hydrogens (tertiary/aromatic N) is 4. The van der Waals surface area contributed by atoms with Crippen molar-refractivity contribution in [2.75, 3.05) is 27.2 Å². The number of pyridine rings is 2. The Morgan fingerprint density at radius 3 is 2.83 bits per heavy atom. The molecule has 5 aromatic rings. The van der Waals surface area contributed by atoms with E-state index in [0.29, 0.717) is 24.3 Å². The molecule has 8 heteroatoms. The molecule has 0 aliphatic rings. The molecule has 0 atom stereocenters. The zero-order valence-corrected chi connectivity index (χ0v) is 19.8. The van der Waals surface area contributed by atoms with Gasteiger partial charge in [0.05, 0.1) is 28.8 Å². The summed E-state index contributed by atoms with van der Waals surface area (Å²) < 4.78 is 16.7. The number of amides is 1. The summed E-state index contributed by atoms with van der Waals surface area (Å²) in [5.41, 5.74) is 5.12. The van der Waals surface area contributed by atoms with Gasteiger partial charge < -0.3 is 10.2 Å². The summed E-state index contributed by atoms with van der Waals surface area (Å²) in [4.78, 5) is 23.5. The molecule has 2 aromatic carbocycles. The zero-order chi connectivity index (χ0) is 24.4. The summed E-state index contributed by atoms with van der Waals surface area (Å²) in [7, 11) is 3.95. The molecule has 5 rings (SSSR count). The van der Waals surface area contributed by atoms with Gasteiger partial charge >= 0.3 is 0 Å². The summed E-state index contributed by atoms with van der Waals surface area (Å²) in [6.45, 7) is 1.99. The van der Waals surface area contributed by atoms with Crippen molar-refractivity contribution in [1.29, 1.82) is 0 Å². The van der Waals surface area contributed by atoms with E-state index in [0.717, 1.165) is 40.6 Å². The van der Waals surface area contributed by atoms with Crippen LogP contribution in [0.5, 0.6) is 0 Å². The van der Waals surface area contributed by atoms with Gasteiger partial charge in [-0.1, -0.05) is 18.2 Å². The van der Waals surface area contributed by atoms with E-state index < -0.39 is 11.7 Å². The first kappa shape index (κ1) is 22.7. The maximum Gasteiger partial charge on any atom is 0.254 e. The van der Waals surface area contributed by atoms with Crippen molar-refractivity contribution in [3.05, 3.63) is 83.8 Å². The molecule has 0 spiro atoms. The van der Waals surface area contributed by atoms with E-state index in [1.54, 1.807) is 12.3 Å². The summed E-state index contributed by atoms with van der Waals surface area (Å²) in [5, 5.41) is 7.16. The second-order valence-electron chi connectivity index (χ2n) is 8.90. The van der Waals surface area contributed by atoms with Crippen molar-refractivity contribution in [1.82, 2.24) is 30.0 Å². The van der Waals surface area contributed by atoms with Crippen LogP contribution in [0.15, 0.2) is 66.9 Å². The lowest BCUT2D eigenvalue weighted by Gasteiger charge is -2.17. The number of carbonyl (C=O) groups is 1. The number of carbonyl (C=O) groups excluding carboxylic acids is 1. The van der Waals surface area contributed by atoms with Crippen molar-refractivity contribution in [3.8, 4) is 11.3 Å². The van der Waals surface area contributed by atoms with Crippen LogP contribution in [0.1, 0.15) is 22.3 Å².